The van der Waals surface area contributed by atoms with E-state index in [4.69, 9.17) is 18.5 Å². The molecule has 0 saturated carbocycles. The lowest BCUT2D eigenvalue weighted by Crippen LogP contribution is -2.20. The van der Waals surface area contributed by atoms with E-state index in [9.17, 15) is 13.2 Å². The smallest absolute Gasteiger partial charge is 0.361 e. The highest BCUT2D eigenvalue weighted by atomic mass is 32.2. The molecule has 0 amide bonds. The SMILES string of the molecule is CCOC(=O)/C(=N/OS(=O)(=O)c1ccc(C)cc1)c1ccc(OC)c(OC)c1. The maximum atomic E-state index is 12.4. The van der Waals surface area contributed by atoms with Crippen LogP contribution in [-0.4, -0.2) is 40.9 Å². The summed E-state index contributed by atoms with van der Waals surface area (Å²) in [6, 6.07) is 10.6. The number of hydrogen-bond donors (Lipinski definition) is 0. The van der Waals surface area contributed by atoms with Crippen molar-refractivity contribution in [3.8, 4) is 11.5 Å². The van der Waals surface area contributed by atoms with Crippen LogP contribution >= 0.6 is 0 Å². The molecule has 150 valence electrons. The number of rotatable bonds is 8. The second kappa shape index (κ2) is 9.23. The van der Waals surface area contributed by atoms with Gasteiger partial charge in [0.1, 0.15) is 4.90 Å². The first kappa shape index (κ1) is 21.2. The third kappa shape index (κ3) is 5.01. The van der Waals surface area contributed by atoms with Gasteiger partial charge in [0.15, 0.2) is 17.2 Å². The summed E-state index contributed by atoms with van der Waals surface area (Å²) in [4.78, 5) is 12.2. The summed E-state index contributed by atoms with van der Waals surface area (Å²) in [5.41, 5.74) is 0.814. The molecule has 0 spiro atoms. The number of aryl methyl sites for hydroxylation is 1. The fraction of sp³-hybridized carbons (Fsp3) is 0.263. The molecule has 0 N–H and O–H groups in total. The van der Waals surface area contributed by atoms with Crippen molar-refractivity contribution in [2.24, 2.45) is 5.16 Å². The number of esters is 1. The molecule has 28 heavy (non-hydrogen) atoms. The van der Waals surface area contributed by atoms with Crippen LogP contribution in [0.3, 0.4) is 0 Å². The Morgan fingerprint density at radius 2 is 1.64 bits per heavy atom. The van der Waals surface area contributed by atoms with Gasteiger partial charge in [0.05, 0.1) is 20.8 Å². The van der Waals surface area contributed by atoms with E-state index in [1.807, 2.05) is 6.92 Å². The van der Waals surface area contributed by atoms with Crippen LogP contribution in [0.5, 0.6) is 11.5 Å². The lowest BCUT2D eigenvalue weighted by Gasteiger charge is -2.11. The van der Waals surface area contributed by atoms with Gasteiger partial charge in [-0.3, -0.25) is 4.28 Å². The minimum absolute atomic E-state index is 0.0792. The first-order valence-electron chi connectivity index (χ1n) is 8.30. The maximum absolute atomic E-state index is 12.4. The predicted octanol–water partition coefficient (Wildman–Crippen LogP) is 2.68. The highest BCUT2D eigenvalue weighted by Gasteiger charge is 2.22. The molecule has 0 saturated heterocycles. The first-order chi connectivity index (χ1) is 13.3. The highest BCUT2D eigenvalue weighted by Crippen LogP contribution is 2.28. The summed E-state index contributed by atoms with van der Waals surface area (Å²) in [5, 5.41) is 3.57. The average molecular weight is 407 g/mol. The van der Waals surface area contributed by atoms with E-state index >= 15 is 0 Å². The fourth-order valence-electron chi connectivity index (χ4n) is 2.23. The third-order valence-electron chi connectivity index (χ3n) is 3.66. The lowest BCUT2D eigenvalue weighted by atomic mass is 10.1. The van der Waals surface area contributed by atoms with Gasteiger partial charge >= 0.3 is 16.1 Å². The Kier molecular flexibility index (Phi) is 7.00. The number of methoxy groups -OCH3 is 2. The Morgan fingerprint density at radius 1 is 1.00 bits per heavy atom. The minimum Gasteiger partial charge on any atom is -0.493 e. The van der Waals surface area contributed by atoms with Gasteiger partial charge in [-0.05, 0) is 44.2 Å². The molecular formula is C19H21NO7S. The van der Waals surface area contributed by atoms with Crippen LogP contribution < -0.4 is 9.47 Å². The zero-order chi connectivity index (χ0) is 20.7. The summed E-state index contributed by atoms with van der Waals surface area (Å²) in [7, 11) is -1.31. The zero-order valence-corrected chi connectivity index (χ0v) is 16.8. The molecule has 0 bridgehead atoms. The number of carbonyl (C=O) groups is 1. The van der Waals surface area contributed by atoms with Crippen molar-refractivity contribution >= 4 is 21.8 Å². The molecule has 9 heteroatoms. The van der Waals surface area contributed by atoms with Crippen molar-refractivity contribution in [3.05, 3.63) is 53.6 Å². The number of benzene rings is 2. The standard InChI is InChI=1S/C19H21NO7S/c1-5-26-19(21)18(14-8-11-16(24-3)17(12-14)25-4)20-27-28(22,23)15-9-6-13(2)7-10-15/h6-12H,5H2,1-4H3/b20-18+. The van der Waals surface area contributed by atoms with Gasteiger partial charge in [0.2, 0.25) is 0 Å². The molecule has 0 aliphatic carbocycles. The second-order valence-electron chi connectivity index (χ2n) is 5.57. The van der Waals surface area contributed by atoms with E-state index in [2.05, 4.69) is 5.16 Å². The quantitative estimate of drug-likeness (QED) is 0.377. The van der Waals surface area contributed by atoms with Crippen molar-refractivity contribution in [3.63, 3.8) is 0 Å². The maximum Gasteiger partial charge on any atom is 0.361 e. The van der Waals surface area contributed by atoms with E-state index < -0.39 is 16.1 Å². The normalized spacial score (nSPS) is 11.6. The van der Waals surface area contributed by atoms with Crippen molar-refractivity contribution in [2.75, 3.05) is 20.8 Å². The summed E-state index contributed by atoms with van der Waals surface area (Å²) in [6.07, 6.45) is 0. The summed E-state index contributed by atoms with van der Waals surface area (Å²) in [6.45, 7) is 3.52. The van der Waals surface area contributed by atoms with Gasteiger partial charge in [-0.25, -0.2) is 4.79 Å². The van der Waals surface area contributed by atoms with Gasteiger partial charge in [-0.2, -0.15) is 8.42 Å². The van der Waals surface area contributed by atoms with E-state index in [1.165, 1.54) is 38.5 Å². The van der Waals surface area contributed by atoms with E-state index in [0.717, 1.165) is 5.56 Å². The van der Waals surface area contributed by atoms with Crippen LogP contribution in [0.2, 0.25) is 0 Å². The van der Waals surface area contributed by atoms with E-state index in [1.54, 1.807) is 25.1 Å². The number of hydrogen-bond acceptors (Lipinski definition) is 8. The summed E-state index contributed by atoms with van der Waals surface area (Å²) in [5.74, 6) is -0.0742. The monoisotopic (exact) mass is 407 g/mol. The lowest BCUT2D eigenvalue weighted by molar-refractivity contribution is -0.135. The Morgan fingerprint density at radius 3 is 2.21 bits per heavy atom. The molecule has 8 nitrogen and oxygen atoms in total. The molecule has 2 rings (SSSR count). The molecule has 0 aromatic heterocycles. The molecular weight excluding hydrogens is 386 g/mol. The molecule has 0 atom stereocenters. The van der Waals surface area contributed by atoms with Gasteiger partial charge in [-0.15, -0.1) is 0 Å². The largest absolute Gasteiger partial charge is 0.493 e. The van der Waals surface area contributed by atoms with Crippen LogP contribution in [-0.2, 0) is 23.9 Å². The third-order valence-corrected chi connectivity index (χ3v) is 4.78. The van der Waals surface area contributed by atoms with E-state index in [0.29, 0.717) is 11.5 Å². The van der Waals surface area contributed by atoms with Crippen LogP contribution in [0, 0.1) is 6.92 Å². The van der Waals surface area contributed by atoms with Crippen molar-refractivity contribution in [1.82, 2.24) is 0 Å². The molecule has 0 radical (unpaired) electrons. The highest BCUT2D eigenvalue weighted by molar-refractivity contribution is 7.86. The van der Waals surface area contributed by atoms with Crippen LogP contribution in [0.1, 0.15) is 18.1 Å². The van der Waals surface area contributed by atoms with Crippen LogP contribution in [0.15, 0.2) is 52.5 Å². The first-order valence-corrected chi connectivity index (χ1v) is 9.71. The Hall–Kier alpha value is -3.07. The number of oxime groups is 1. The minimum atomic E-state index is -4.21. The van der Waals surface area contributed by atoms with Crippen molar-refractivity contribution in [1.29, 1.82) is 0 Å². The van der Waals surface area contributed by atoms with Crippen molar-refractivity contribution in [2.45, 2.75) is 18.7 Å². The molecule has 0 aliphatic heterocycles. The van der Waals surface area contributed by atoms with Crippen LogP contribution in [0.25, 0.3) is 0 Å². The second-order valence-corrected chi connectivity index (χ2v) is 7.10. The predicted molar refractivity (Wildman–Crippen MR) is 102 cm³/mol. The summed E-state index contributed by atoms with van der Waals surface area (Å²) >= 11 is 0. The fourth-order valence-corrected chi connectivity index (χ4v) is 2.95. The number of nitrogens with zero attached hydrogens (tertiary/aromatic N) is 1. The van der Waals surface area contributed by atoms with Gasteiger partial charge < -0.3 is 14.2 Å². The van der Waals surface area contributed by atoms with Crippen molar-refractivity contribution < 1.29 is 31.7 Å². The zero-order valence-electron chi connectivity index (χ0n) is 16.0. The number of ether oxygens (including phenoxy) is 3. The summed E-state index contributed by atoms with van der Waals surface area (Å²) < 4.78 is 44.8. The molecule has 0 heterocycles. The topological polar surface area (TPSA) is 100 Å². The van der Waals surface area contributed by atoms with Gasteiger partial charge in [0.25, 0.3) is 0 Å². The Bertz CT molecular complexity index is 966. The molecule has 0 aliphatic rings. The molecule has 0 fully saturated rings. The number of carbonyl (C=O) groups excluding carboxylic acids is 1. The average Bonchev–Trinajstić information content (AvgIpc) is 2.68. The van der Waals surface area contributed by atoms with Gasteiger partial charge in [-0.1, -0.05) is 22.9 Å². The Balaban J connectivity index is 2.43. The molecule has 2 aromatic carbocycles. The van der Waals surface area contributed by atoms with E-state index in [-0.39, 0.29) is 22.8 Å². The molecule has 0 unspecified atom stereocenters. The molecule has 2 aromatic rings. The van der Waals surface area contributed by atoms with Crippen LogP contribution in [0.4, 0.5) is 0 Å². The van der Waals surface area contributed by atoms with Gasteiger partial charge in [0, 0.05) is 5.56 Å². The Labute approximate surface area is 163 Å².